The van der Waals surface area contributed by atoms with Gasteiger partial charge in [0.1, 0.15) is 18.2 Å². The molecule has 2 aliphatic rings. The minimum atomic E-state index is -3.48. The van der Waals surface area contributed by atoms with Crippen LogP contribution < -0.4 is 20.3 Å². The lowest BCUT2D eigenvalue weighted by Crippen LogP contribution is -2.47. The molecule has 5 rings (SSSR count). The van der Waals surface area contributed by atoms with Crippen molar-refractivity contribution >= 4 is 54.6 Å². The Kier molecular flexibility index (Phi) is 8.79. The average Bonchev–Trinajstić information content (AvgIpc) is 2.94. The lowest BCUT2D eigenvalue weighted by Gasteiger charge is -2.36. The molecule has 2 aromatic carbocycles. The Labute approximate surface area is 244 Å². The van der Waals surface area contributed by atoms with E-state index in [4.69, 9.17) is 4.74 Å². The van der Waals surface area contributed by atoms with Crippen LogP contribution in [0, 0.1) is 0 Å². The topological polar surface area (TPSA) is 103 Å². The third-order valence-electron chi connectivity index (χ3n) is 7.27. The number of ether oxygens (including phenoxy) is 1. The highest BCUT2D eigenvalue weighted by Gasteiger charge is 2.24. The molecular formula is C28H36BrN7O3S. The van der Waals surface area contributed by atoms with Crippen LogP contribution in [0.5, 0.6) is 5.75 Å². The average molecular weight is 631 g/mol. The van der Waals surface area contributed by atoms with Gasteiger partial charge >= 0.3 is 0 Å². The summed E-state index contributed by atoms with van der Waals surface area (Å²) in [5, 5.41) is 5.89. The van der Waals surface area contributed by atoms with Gasteiger partial charge in [0.2, 0.25) is 5.95 Å². The van der Waals surface area contributed by atoms with Gasteiger partial charge in [0.15, 0.2) is 9.84 Å². The Hall–Kier alpha value is -2.93. The van der Waals surface area contributed by atoms with Gasteiger partial charge in [-0.1, -0.05) is 12.1 Å². The first kappa shape index (κ1) is 28.6. The summed E-state index contributed by atoms with van der Waals surface area (Å²) in [5.74, 6) is 1.66. The fourth-order valence-electron chi connectivity index (χ4n) is 4.76. The molecule has 0 radical (unpaired) electrons. The van der Waals surface area contributed by atoms with Crippen LogP contribution in [0.1, 0.15) is 13.8 Å². The zero-order valence-electron chi connectivity index (χ0n) is 23.1. The van der Waals surface area contributed by atoms with E-state index in [9.17, 15) is 8.42 Å². The first-order valence-corrected chi connectivity index (χ1v) is 15.9. The number of benzene rings is 2. The minimum absolute atomic E-state index is 0.231. The highest BCUT2D eigenvalue weighted by Crippen LogP contribution is 2.35. The number of piperazine rings is 1. The molecule has 1 saturated heterocycles. The van der Waals surface area contributed by atoms with E-state index in [2.05, 4.69) is 64.3 Å². The molecule has 40 heavy (non-hydrogen) atoms. The number of hydrogen-bond acceptors (Lipinski definition) is 10. The van der Waals surface area contributed by atoms with Gasteiger partial charge in [0.25, 0.3) is 0 Å². The molecule has 10 nitrogen and oxygen atoms in total. The SMILES string of the molecule is CC(C)S(=O)(=O)c1ccccc1Nc1nc(Nc2ccc3c(c2)OCCN3CCN2CCN(C)CC2)ncc1Br. The van der Waals surface area contributed by atoms with Crippen molar-refractivity contribution in [2.24, 2.45) is 0 Å². The summed E-state index contributed by atoms with van der Waals surface area (Å²) in [7, 11) is -1.31. The first-order valence-electron chi connectivity index (χ1n) is 13.5. The van der Waals surface area contributed by atoms with E-state index >= 15 is 0 Å². The second-order valence-corrected chi connectivity index (χ2v) is 13.7. The number of likely N-dealkylation sites (N-methyl/N-ethyl adjacent to an activating group) is 1. The molecule has 0 bridgehead atoms. The quantitative estimate of drug-likeness (QED) is 0.355. The number of para-hydroxylation sites is 1. The normalized spacial score (nSPS) is 16.5. The smallest absolute Gasteiger partial charge is 0.229 e. The van der Waals surface area contributed by atoms with Crippen molar-refractivity contribution in [2.45, 2.75) is 24.0 Å². The van der Waals surface area contributed by atoms with Crippen molar-refractivity contribution in [2.75, 3.05) is 75.0 Å². The predicted octanol–water partition coefficient (Wildman–Crippen LogP) is 4.35. The second-order valence-electron chi connectivity index (χ2n) is 10.4. The van der Waals surface area contributed by atoms with Gasteiger partial charge in [-0.2, -0.15) is 4.98 Å². The fraction of sp³-hybridized carbons (Fsp3) is 0.429. The number of sulfone groups is 1. The van der Waals surface area contributed by atoms with E-state index < -0.39 is 15.1 Å². The van der Waals surface area contributed by atoms with E-state index in [1.807, 2.05) is 12.1 Å². The number of hydrogen-bond donors (Lipinski definition) is 2. The van der Waals surface area contributed by atoms with Gasteiger partial charge in [-0.05, 0) is 61.1 Å². The van der Waals surface area contributed by atoms with Gasteiger partial charge < -0.3 is 25.2 Å². The Balaban J connectivity index is 1.29. The van der Waals surface area contributed by atoms with Crippen molar-refractivity contribution in [3.8, 4) is 5.75 Å². The van der Waals surface area contributed by atoms with Crippen LogP contribution in [0.2, 0.25) is 0 Å². The summed E-state index contributed by atoms with van der Waals surface area (Å²) in [6.45, 7) is 11.3. The minimum Gasteiger partial charge on any atom is -0.489 e. The largest absolute Gasteiger partial charge is 0.489 e. The molecule has 0 atom stereocenters. The van der Waals surface area contributed by atoms with Crippen LogP contribution in [0.15, 0.2) is 58.0 Å². The third-order valence-corrected chi connectivity index (χ3v) is 10.1. The number of nitrogens with one attached hydrogen (secondary N) is 2. The van der Waals surface area contributed by atoms with Gasteiger partial charge in [-0.15, -0.1) is 0 Å². The van der Waals surface area contributed by atoms with Gasteiger partial charge in [-0.25, -0.2) is 13.4 Å². The molecule has 0 aliphatic carbocycles. The highest BCUT2D eigenvalue weighted by molar-refractivity contribution is 9.10. The van der Waals surface area contributed by atoms with Gasteiger partial charge in [0, 0.05) is 57.2 Å². The van der Waals surface area contributed by atoms with Gasteiger partial charge in [-0.3, -0.25) is 4.90 Å². The zero-order chi connectivity index (χ0) is 28.3. The van der Waals surface area contributed by atoms with E-state index in [0.717, 1.165) is 62.9 Å². The molecule has 0 saturated carbocycles. The number of aromatic nitrogens is 2. The summed E-state index contributed by atoms with van der Waals surface area (Å²) in [4.78, 5) is 16.5. The lowest BCUT2D eigenvalue weighted by atomic mass is 10.2. The Morgan fingerprint density at radius 1 is 1.02 bits per heavy atom. The molecule has 1 fully saturated rings. The van der Waals surface area contributed by atoms with Crippen molar-refractivity contribution < 1.29 is 13.2 Å². The van der Waals surface area contributed by atoms with Crippen LogP contribution >= 0.6 is 15.9 Å². The Morgan fingerprint density at radius 2 is 1.80 bits per heavy atom. The number of halogens is 1. The first-order chi connectivity index (χ1) is 19.2. The molecule has 3 aromatic rings. The van der Waals surface area contributed by atoms with Crippen LogP contribution in [0.4, 0.5) is 28.8 Å². The Bertz CT molecular complexity index is 1450. The molecule has 12 heteroatoms. The molecule has 2 N–H and O–H groups in total. The van der Waals surface area contributed by atoms with Gasteiger partial charge in [0.05, 0.1) is 32.5 Å². The van der Waals surface area contributed by atoms with Crippen LogP contribution in [0.25, 0.3) is 0 Å². The molecule has 2 aliphatic heterocycles. The monoisotopic (exact) mass is 629 g/mol. The molecule has 0 amide bonds. The standard InChI is InChI=1S/C28H36BrN7O3S/c1-20(2)40(37,38)26-7-5-4-6-23(26)32-27-22(29)19-30-28(33-27)31-21-8-9-24-25(18-21)39-17-16-36(24)15-14-35-12-10-34(3)11-13-35/h4-9,18-20H,10-17H2,1-3H3,(H2,30,31,32,33). The van der Waals surface area contributed by atoms with Crippen molar-refractivity contribution in [1.82, 2.24) is 19.8 Å². The maximum absolute atomic E-state index is 12.9. The Morgan fingerprint density at radius 3 is 2.58 bits per heavy atom. The van der Waals surface area contributed by atoms with Crippen LogP contribution in [-0.2, 0) is 9.84 Å². The molecule has 0 unspecified atom stereocenters. The molecule has 0 spiro atoms. The number of rotatable bonds is 9. The third kappa shape index (κ3) is 6.51. The number of nitrogens with zero attached hydrogens (tertiary/aromatic N) is 5. The van der Waals surface area contributed by atoms with Crippen molar-refractivity contribution in [3.05, 3.63) is 53.1 Å². The zero-order valence-corrected chi connectivity index (χ0v) is 25.5. The summed E-state index contributed by atoms with van der Waals surface area (Å²) in [6, 6.07) is 12.9. The second kappa shape index (κ2) is 12.3. The predicted molar refractivity (Wildman–Crippen MR) is 163 cm³/mol. The molecular weight excluding hydrogens is 594 g/mol. The summed E-state index contributed by atoms with van der Waals surface area (Å²) >= 11 is 3.48. The van der Waals surface area contributed by atoms with Crippen LogP contribution in [0.3, 0.4) is 0 Å². The molecule has 214 valence electrons. The summed E-state index contributed by atoms with van der Waals surface area (Å²) < 4.78 is 32.4. The number of anilines is 5. The van der Waals surface area contributed by atoms with E-state index in [1.165, 1.54) is 0 Å². The van der Waals surface area contributed by atoms with E-state index in [1.54, 1.807) is 44.3 Å². The highest BCUT2D eigenvalue weighted by atomic mass is 79.9. The fourth-order valence-corrected chi connectivity index (χ4v) is 6.26. The van der Waals surface area contributed by atoms with E-state index in [0.29, 0.717) is 28.5 Å². The molecule has 3 heterocycles. The van der Waals surface area contributed by atoms with Crippen molar-refractivity contribution in [3.63, 3.8) is 0 Å². The molecule has 1 aromatic heterocycles. The number of fused-ring (bicyclic) bond motifs is 1. The lowest BCUT2D eigenvalue weighted by molar-refractivity contribution is 0.156. The maximum Gasteiger partial charge on any atom is 0.229 e. The summed E-state index contributed by atoms with van der Waals surface area (Å²) in [5.41, 5.74) is 2.35. The maximum atomic E-state index is 12.9. The van der Waals surface area contributed by atoms with E-state index in [-0.39, 0.29) is 4.90 Å². The summed E-state index contributed by atoms with van der Waals surface area (Å²) in [6.07, 6.45) is 1.63. The van der Waals surface area contributed by atoms with Crippen molar-refractivity contribution in [1.29, 1.82) is 0 Å². The van der Waals surface area contributed by atoms with Crippen LogP contribution in [-0.4, -0.2) is 92.9 Å².